The summed E-state index contributed by atoms with van der Waals surface area (Å²) in [6.45, 7) is 3.49. The third kappa shape index (κ3) is 9.05. The molecule has 4 aromatic rings. The third-order valence-corrected chi connectivity index (χ3v) is 9.73. The fourth-order valence-corrected chi connectivity index (χ4v) is 6.65. The number of benzene rings is 4. The Bertz CT molecular complexity index is 1810. The number of hydrogen-bond acceptors (Lipinski definition) is 6. The van der Waals surface area contributed by atoms with E-state index < -0.39 is 40.2 Å². The van der Waals surface area contributed by atoms with Crippen molar-refractivity contribution in [1.82, 2.24) is 10.2 Å². The lowest BCUT2D eigenvalue weighted by Crippen LogP contribution is -2.53. The lowest BCUT2D eigenvalue weighted by atomic mass is 10.0. The van der Waals surface area contributed by atoms with E-state index in [2.05, 4.69) is 5.32 Å². The number of ether oxygens (including phenoxy) is 2. The molecule has 0 saturated carbocycles. The maximum Gasteiger partial charge on any atom is 0.264 e. The van der Waals surface area contributed by atoms with Crippen LogP contribution in [0.3, 0.4) is 0 Å². The molecule has 9 nitrogen and oxygen atoms in total. The molecule has 4 aromatic carbocycles. The van der Waals surface area contributed by atoms with Crippen molar-refractivity contribution in [2.24, 2.45) is 5.92 Å². The Balaban J connectivity index is 1.83. The van der Waals surface area contributed by atoms with Crippen molar-refractivity contribution in [2.75, 3.05) is 31.6 Å². The van der Waals surface area contributed by atoms with Crippen LogP contribution in [0.25, 0.3) is 0 Å². The number of nitrogens with zero attached hydrogens (tertiary/aromatic N) is 2. The third-order valence-electron chi connectivity index (χ3n) is 7.59. The Morgan fingerprint density at radius 3 is 2.15 bits per heavy atom. The van der Waals surface area contributed by atoms with Crippen molar-refractivity contribution < 1.29 is 31.9 Å². The molecule has 0 saturated heterocycles. The van der Waals surface area contributed by atoms with Crippen LogP contribution in [-0.2, 0) is 32.6 Å². The molecular formula is C36H39ClFN3O6S. The van der Waals surface area contributed by atoms with E-state index in [1.807, 2.05) is 44.2 Å². The van der Waals surface area contributed by atoms with Crippen LogP contribution in [0.2, 0.25) is 5.02 Å². The smallest absolute Gasteiger partial charge is 0.264 e. The van der Waals surface area contributed by atoms with Crippen molar-refractivity contribution in [2.45, 2.75) is 37.8 Å². The Morgan fingerprint density at radius 1 is 0.875 bits per heavy atom. The van der Waals surface area contributed by atoms with Gasteiger partial charge in [0.1, 0.15) is 18.4 Å². The zero-order valence-electron chi connectivity index (χ0n) is 27.2. The Hall–Kier alpha value is -4.61. The zero-order valence-corrected chi connectivity index (χ0v) is 28.8. The maximum absolute atomic E-state index is 14.6. The number of nitrogens with one attached hydrogen (secondary N) is 1. The molecule has 0 aromatic heterocycles. The first-order chi connectivity index (χ1) is 22.9. The Kier molecular flexibility index (Phi) is 12.4. The van der Waals surface area contributed by atoms with Gasteiger partial charge in [-0.25, -0.2) is 12.8 Å². The topological polar surface area (TPSA) is 105 Å². The van der Waals surface area contributed by atoms with Gasteiger partial charge in [0.2, 0.25) is 11.8 Å². The number of carbonyl (C=O) groups is 2. The lowest BCUT2D eigenvalue weighted by Gasteiger charge is -2.34. The Morgan fingerprint density at radius 2 is 1.52 bits per heavy atom. The van der Waals surface area contributed by atoms with Crippen LogP contribution < -0.4 is 19.1 Å². The van der Waals surface area contributed by atoms with Crippen LogP contribution >= 0.6 is 11.6 Å². The summed E-state index contributed by atoms with van der Waals surface area (Å²) in [5, 5.41) is 3.32. The average Bonchev–Trinajstić information content (AvgIpc) is 3.08. The predicted molar refractivity (Wildman–Crippen MR) is 184 cm³/mol. The van der Waals surface area contributed by atoms with Crippen LogP contribution in [0, 0.1) is 11.7 Å². The standard InChI is InChI=1S/C36H39ClFN3O6S/c1-25(2)22-39-36(43)32(20-26-10-6-5-7-11-26)40(23-27-12-8-9-13-31(27)37)35(42)24-41(29-16-14-28(38)15-17-29)48(44,45)30-18-19-33(46-3)34(21-30)47-4/h5-19,21,25,32H,20,22-24H2,1-4H3,(H,39,43)/t32-/m0/s1. The number of amides is 2. The number of rotatable bonds is 15. The van der Waals surface area contributed by atoms with Gasteiger partial charge in [0.15, 0.2) is 11.5 Å². The molecule has 1 atom stereocenters. The number of anilines is 1. The molecule has 0 aliphatic rings. The molecule has 4 rings (SSSR count). The summed E-state index contributed by atoms with van der Waals surface area (Å²) in [5.74, 6) is -1.05. The summed E-state index contributed by atoms with van der Waals surface area (Å²) in [5.41, 5.74) is 1.41. The first-order valence-corrected chi connectivity index (χ1v) is 17.1. The molecule has 0 radical (unpaired) electrons. The molecule has 12 heteroatoms. The predicted octanol–water partition coefficient (Wildman–Crippen LogP) is 6.10. The van der Waals surface area contributed by atoms with Gasteiger partial charge in [-0.15, -0.1) is 0 Å². The number of halogens is 2. The molecule has 0 unspecified atom stereocenters. The SMILES string of the molecule is COc1ccc(S(=O)(=O)N(CC(=O)N(Cc2ccccc2Cl)[C@@H](Cc2ccccc2)C(=O)NCC(C)C)c2ccc(F)cc2)cc1OC. The molecular weight excluding hydrogens is 657 g/mol. The molecule has 0 aliphatic heterocycles. The van der Waals surface area contributed by atoms with Gasteiger partial charge in [0, 0.05) is 30.6 Å². The van der Waals surface area contributed by atoms with Gasteiger partial charge in [-0.1, -0.05) is 74.0 Å². The van der Waals surface area contributed by atoms with Crippen molar-refractivity contribution >= 4 is 39.1 Å². The first-order valence-electron chi connectivity index (χ1n) is 15.3. The molecule has 0 heterocycles. The summed E-state index contributed by atoms with van der Waals surface area (Å²) in [4.78, 5) is 29.6. The minimum atomic E-state index is -4.46. The van der Waals surface area contributed by atoms with Crippen molar-refractivity contribution in [3.63, 3.8) is 0 Å². The highest BCUT2D eigenvalue weighted by molar-refractivity contribution is 7.92. The highest BCUT2D eigenvalue weighted by atomic mass is 35.5. The zero-order chi connectivity index (χ0) is 34.8. The quantitative estimate of drug-likeness (QED) is 0.161. The summed E-state index contributed by atoms with van der Waals surface area (Å²) in [7, 11) is -1.66. The van der Waals surface area contributed by atoms with Gasteiger partial charge >= 0.3 is 0 Å². The van der Waals surface area contributed by atoms with E-state index in [9.17, 15) is 22.4 Å². The minimum absolute atomic E-state index is 0.0427. The van der Waals surface area contributed by atoms with Crippen LogP contribution in [0.4, 0.5) is 10.1 Å². The van der Waals surface area contributed by atoms with Gasteiger partial charge in [-0.2, -0.15) is 0 Å². The van der Waals surface area contributed by atoms with Gasteiger partial charge < -0.3 is 19.7 Å². The highest BCUT2D eigenvalue weighted by Gasteiger charge is 2.35. The lowest BCUT2D eigenvalue weighted by molar-refractivity contribution is -0.140. The molecule has 254 valence electrons. The molecule has 0 aliphatic carbocycles. The summed E-state index contributed by atoms with van der Waals surface area (Å²) >= 11 is 6.54. The van der Waals surface area contributed by atoms with E-state index in [1.165, 1.54) is 49.5 Å². The van der Waals surface area contributed by atoms with Gasteiger partial charge in [0.05, 0.1) is 24.8 Å². The molecule has 0 bridgehead atoms. The second-order valence-electron chi connectivity index (χ2n) is 11.5. The summed E-state index contributed by atoms with van der Waals surface area (Å²) < 4.78 is 54.1. The van der Waals surface area contributed by atoms with E-state index in [1.54, 1.807) is 24.3 Å². The molecule has 0 spiro atoms. The largest absolute Gasteiger partial charge is 0.493 e. The average molecular weight is 696 g/mol. The van der Waals surface area contributed by atoms with Gasteiger partial charge in [-0.3, -0.25) is 13.9 Å². The molecule has 1 N–H and O–H groups in total. The number of hydrogen-bond donors (Lipinski definition) is 1. The van der Waals surface area contributed by atoms with Gasteiger partial charge in [-0.05, 0) is 59.5 Å². The summed E-state index contributed by atoms with van der Waals surface area (Å²) in [6.07, 6.45) is 0.153. The van der Waals surface area contributed by atoms with E-state index in [0.717, 1.165) is 22.0 Å². The van der Waals surface area contributed by atoms with Crippen molar-refractivity contribution in [1.29, 1.82) is 0 Å². The first kappa shape index (κ1) is 36.2. The molecule has 48 heavy (non-hydrogen) atoms. The van der Waals surface area contributed by atoms with Crippen LogP contribution in [0.15, 0.2) is 102 Å². The summed E-state index contributed by atoms with van der Waals surface area (Å²) in [6, 6.07) is 24.0. The number of sulfonamides is 1. The number of carbonyl (C=O) groups excluding carboxylic acids is 2. The van der Waals surface area contributed by atoms with Gasteiger partial charge in [0.25, 0.3) is 10.0 Å². The highest BCUT2D eigenvalue weighted by Crippen LogP contribution is 2.32. The maximum atomic E-state index is 14.6. The second kappa shape index (κ2) is 16.5. The fraction of sp³-hybridized carbons (Fsp3) is 0.278. The van der Waals surface area contributed by atoms with E-state index in [0.29, 0.717) is 22.9 Å². The monoisotopic (exact) mass is 695 g/mol. The van der Waals surface area contributed by atoms with Crippen molar-refractivity contribution in [3.8, 4) is 11.5 Å². The van der Waals surface area contributed by atoms with Crippen molar-refractivity contribution in [3.05, 3.63) is 119 Å². The Labute approximate surface area is 286 Å². The van der Waals surface area contributed by atoms with Crippen LogP contribution in [0.1, 0.15) is 25.0 Å². The minimum Gasteiger partial charge on any atom is -0.493 e. The van der Waals surface area contributed by atoms with E-state index >= 15 is 0 Å². The fourth-order valence-electron chi connectivity index (χ4n) is 5.03. The van der Waals surface area contributed by atoms with Crippen LogP contribution in [0.5, 0.6) is 11.5 Å². The number of methoxy groups -OCH3 is 2. The molecule has 0 fully saturated rings. The second-order valence-corrected chi connectivity index (χ2v) is 13.7. The van der Waals surface area contributed by atoms with E-state index in [4.69, 9.17) is 21.1 Å². The van der Waals surface area contributed by atoms with E-state index in [-0.39, 0.29) is 35.2 Å². The molecule has 2 amide bonds. The normalized spacial score (nSPS) is 11.9. The van der Waals surface area contributed by atoms with Crippen LogP contribution in [-0.4, -0.2) is 58.5 Å².